The number of sulfone groups is 1. The Bertz CT molecular complexity index is 1400. The van der Waals surface area contributed by atoms with Gasteiger partial charge in [0.05, 0.1) is 17.7 Å². The molecule has 0 atom stereocenters. The first-order valence-electron chi connectivity index (χ1n) is 10.1. The first kappa shape index (κ1) is 24.8. The number of amidine groups is 2. The van der Waals surface area contributed by atoms with E-state index < -0.39 is 15.7 Å². The molecule has 0 radical (unpaired) electrons. The van der Waals surface area contributed by atoms with E-state index >= 15 is 0 Å². The molecular formula is C22H19ClN4O6S2. The zero-order valence-corrected chi connectivity index (χ0v) is 20.9. The van der Waals surface area contributed by atoms with Gasteiger partial charge in [0, 0.05) is 6.26 Å². The molecule has 1 N–H and O–H groups in total. The Hall–Kier alpha value is -3.35. The maximum absolute atomic E-state index is 12.5. The molecule has 0 bridgehead atoms. The van der Waals surface area contributed by atoms with Crippen molar-refractivity contribution in [1.82, 2.24) is 5.01 Å². The van der Waals surface area contributed by atoms with Crippen molar-refractivity contribution in [2.75, 3.05) is 26.6 Å². The van der Waals surface area contributed by atoms with Gasteiger partial charge in [0.1, 0.15) is 19.0 Å². The molecule has 35 heavy (non-hydrogen) atoms. The molecule has 0 fully saturated rings. The molecule has 0 saturated carbocycles. The minimum atomic E-state index is -3.60. The van der Waals surface area contributed by atoms with Crippen molar-refractivity contribution >= 4 is 60.6 Å². The van der Waals surface area contributed by atoms with Crippen molar-refractivity contribution in [3.05, 3.63) is 58.6 Å². The summed E-state index contributed by atoms with van der Waals surface area (Å²) in [4.78, 5) is 16.3. The van der Waals surface area contributed by atoms with Crippen LogP contribution in [0.3, 0.4) is 0 Å². The minimum Gasteiger partial charge on any atom is -0.493 e. The highest BCUT2D eigenvalue weighted by Crippen LogP contribution is 2.31. The van der Waals surface area contributed by atoms with Crippen molar-refractivity contribution in [3.8, 4) is 17.2 Å². The van der Waals surface area contributed by atoms with Crippen LogP contribution in [-0.4, -0.2) is 61.3 Å². The van der Waals surface area contributed by atoms with Gasteiger partial charge in [-0.05, 0) is 47.7 Å². The van der Waals surface area contributed by atoms with Crippen molar-refractivity contribution in [2.45, 2.75) is 0 Å². The molecule has 0 aliphatic carbocycles. The van der Waals surface area contributed by atoms with Crippen molar-refractivity contribution in [1.29, 1.82) is 5.41 Å². The standard InChI is InChI=1S/C22H19ClN4O6S2/c1-31-17-5-3-4-6-18(17)33-10-9-32-16-8-7-13(12-15(16)23)11-14-19(24)27-21(25-20(14)28)34-22(26-27)35(2,29)30/h3-8,11-12,24H,9-10H2,1-2H3/b14-11+,24-19?. The van der Waals surface area contributed by atoms with Crippen LogP contribution in [0, 0.1) is 5.41 Å². The van der Waals surface area contributed by atoms with Crippen LogP contribution in [0.2, 0.25) is 5.02 Å². The third-order valence-electron chi connectivity index (χ3n) is 4.69. The van der Waals surface area contributed by atoms with E-state index in [0.717, 1.165) is 23.0 Å². The third kappa shape index (κ3) is 5.50. The number of rotatable bonds is 7. The van der Waals surface area contributed by atoms with E-state index in [1.54, 1.807) is 37.4 Å². The lowest BCUT2D eigenvalue weighted by atomic mass is 10.1. The molecule has 2 aromatic rings. The molecule has 0 unspecified atom stereocenters. The first-order chi connectivity index (χ1) is 16.7. The topological polar surface area (TPSA) is 131 Å². The number of carbonyl (C=O) groups is 1. The molecule has 0 aromatic heterocycles. The summed E-state index contributed by atoms with van der Waals surface area (Å²) in [6.45, 7) is 0.491. The second kappa shape index (κ2) is 10.1. The molecule has 2 aromatic carbocycles. The van der Waals surface area contributed by atoms with Gasteiger partial charge in [-0.3, -0.25) is 10.2 Å². The lowest BCUT2D eigenvalue weighted by Crippen LogP contribution is -2.35. The van der Waals surface area contributed by atoms with E-state index in [0.29, 0.717) is 27.8 Å². The number of ether oxygens (including phenoxy) is 3. The van der Waals surface area contributed by atoms with Crippen molar-refractivity contribution in [3.63, 3.8) is 0 Å². The van der Waals surface area contributed by atoms with Crippen LogP contribution in [0.15, 0.2) is 58.1 Å². The maximum atomic E-state index is 12.5. The fourth-order valence-corrected chi connectivity index (χ4v) is 4.98. The number of fused-ring (bicyclic) bond motifs is 1. The molecular weight excluding hydrogens is 516 g/mol. The average Bonchev–Trinajstić information content (AvgIpc) is 3.25. The average molecular weight is 535 g/mol. The van der Waals surface area contributed by atoms with E-state index in [4.69, 9.17) is 31.2 Å². The molecule has 182 valence electrons. The number of halogens is 1. The molecule has 10 nitrogen and oxygen atoms in total. The monoisotopic (exact) mass is 534 g/mol. The highest BCUT2D eigenvalue weighted by atomic mass is 35.5. The number of amides is 1. The fraction of sp³-hybridized carbons (Fsp3) is 0.182. The van der Waals surface area contributed by atoms with Crippen molar-refractivity contribution < 1.29 is 27.4 Å². The van der Waals surface area contributed by atoms with Crippen LogP contribution in [0.5, 0.6) is 17.2 Å². The number of carbonyl (C=O) groups excluding carboxylic acids is 1. The molecule has 1 amide bonds. The largest absolute Gasteiger partial charge is 0.493 e. The number of aliphatic imine (C=N–C) groups is 1. The molecule has 0 spiro atoms. The molecule has 0 saturated heterocycles. The predicted octanol–water partition coefficient (Wildman–Crippen LogP) is 3.43. The second-order valence-electron chi connectivity index (χ2n) is 7.20. The molecule has 2 aliphatic heterocycles. The van der Waals surface area contributed by atoms with Gasteiger partial charge in [-0.2, -0.15) is 10.0 Å². The Morgan fingerprint density at radius 3 is 2.46 bits per heavy atom. The summed E-state index contributed by atoms with van der Waals surface area (Å²) < 4.78 is 39.9. The van der Waals surface area contributed by atoms with Crippen LogP contribution in [0.1, 0.15) is 5.56 Å². The Labute approximate surface area is 210 Å². The SMILES string of the molecule is COc1ccccc1OCCOc1ccc(/C=C2\C(=N)N3N=C(S(C)(=O)=O)SC3=NC2=O)cc1Cl. The normalized spacial score (nSPS) is 16.7. The number of nitrogens with one attached hydrogen (secondary N) is 1. The smallest absolute Gasteiger partial charge is 0.283 e. The van der Waals surface area contributed by atoms with Crippen LogP contribution in [0.25, 0.3) is 6.08 Å². The maximum Gasteiger partial charge on any atom is 0.283 e. The highest BCUT2D eigenvalue weighted by Gasteiger charge is 2.38. The van der Waals surface area contributed by atoms with Crippen LogP contribution in [-0.2, 0) is 14.6 Å². The van der Waals surface area contributed by atoms with E-state index in [9.17, 15) is 13.2 Å². The number of benzene rings is 2. The van der Waals surface area contributed by atoms with E-state index in [2.05, 4.69) is 10.1 Å². The summed E-state index contributed by atoms with van der Waals surface area (Å²) in [5.74, 6) is 0.676. The number of hydrogen-bond acceptors (Lipinski definition) is 9. The first-order valence-corrected chi connectivity index (χ1v) is 13.1. The number of thioether (sulfide) groups is 1. The van der Waals surface area contributed by atoms with Crippen LogP contribution >= 0.6 is 23.4 Å². The van der Waals surface area contributed by atoms with Crippen molar-refractivity contribution in [2.24, 2.45) is 10.1 Å². The summed E-state index contributed by atoms with van der Waals surface area (Å²) >= 11 is 7.06. The molecule has 13 heteroatoms. The van der Waals surface area contributed by atoms with Gasteiger partial charge >= 0.3 is 0 Å². The van der Waals surface area contributed by atoms with Gasteiger partial charge in [-0.1, -0.05) is 29.8 Å². The van der Waals surface area contributed by atoms with E-state index in [1.807, 2.05) is 12.1 Å². The van der Waals surface area contributed by atoms with Gasteiger partial charge in [-0.25, -0.2) is 8.42 Å². The zero-order valence-electron chi connectivity index (χ0n) is 18.5. The minimum absolute atomic E-state index is 0.0229. The van der Waals surface area contributed by atoms with Gasteiger partial charge < -0.3 is 14.2 Å². The summed E-state index contributed by atoms with van der Waals surface area (Å²) in [5, 5.41) is 13.6. The molecule has 2 heterocycles. The summed E-state index contributed by atoms with van der Waals surface area (Å²) in [5.41, 5.74) is 0.473. The van der Waals surface area contributed by atoms with Gasteiger partial charge in [0.2, 0.25) is 19.4 Å². The summed E-state index contributed by atoms with van der Waals surface area (Å²) in [6, 6.07) is 12.1. The number of hydrazone groups is 1. The fourth-order valence-electron chi connectivity index (χ4n) is 3.06. The number of hydrogen-bond donors (Lipinski definition) is 1. The number of methoxy groups -OCH3 is 1. The Kier molecular flexibility index (Phi) is 7.15. The lowest BCUT2D eigenvalue weighted by Gasteiger charge is -2.20. The third-order valence-corrected chi connectivity index (χ3v) is 7.56. The predicted molar refractivity (Wildman–Crippen MR) is 135 cm³/mol. The quantitative estimate of drug-likeness (QED) is 0.422. The number of para-hydroxylation sites is 2. The Morgan fingerprint density at radius 2 is 1.80 bits per heavy atom. The number of nitrogens with zero attached hydrogens (tertiary/aromatic N) is 3. The zero-order chi connectivity index (χ0) is 25.2. The van der Waals surface area contributed by atoms with Gasteiger partial charge in [0.15, 0.2) is 17.3 Å². The van der Waals surface area contributed by atoms with Crippen LogP contribution in [0.4, 0.5) is 0 Å². The van der Waals surface area contributed by atoms with E-state index in [1.165, 1.54) is 6.08 Å². The van der Waals surface area contributed by atoms with E-state index in [-0.39, 0.29) is 34.2 Å². The molecule has 4 rings (SSSR count). The summed E-state index contributed by atoms with van der Waals surface area (Å²) in [7, 11) is -2.04. The second-order valence-corrected chi connectivity index (χ2v) is 10.7. The lowest BCUT2D eigenvalue weighted by molar-refractivity contribution is -0.114. The highest BCUT2D eigenvalue weighted by molar-refractivity contribution is 8.42. The Balaban J connectivity index is 1.43. The Morgan fingerprint density at radius 1 is 1.11 bits per heavy atom. The van der Waals surface area contributed by atoms with Crippen LogP contribution < -0.4 is 14.2 Å². The summed E-state index contributed by atoms with van der Waals surface area (Å²) in [6.07, 6.45) is 2.43. The molecule has 2 aliphatic rings. The van der Waals surface area contributed by atoms with Gasteiger partial charge in [-0.15, -0.1) is 5.10 Å². The van der Waals surface area contributed by atoms with Gasteiger partial charge in [0.25, 0.3) is 5.91 Å².